The summed E-state index contributed by atoms with van der Waals surface area (Å²) in [7, 11) is 0. The van der Waals surface area contributed by atoms with E-state index in [9.17, 15) is 0 Å². The first-order valence-corrected chi connectivity index (χ1v) is 2.71. The van der Waals surface area contributed by atoms with E-state index in [1.165, 1.54) is 11.1 Å². The van der Waals surface area contributed by atoms with Crippen LogP contribution in [0, 0.1) is 0 Å². The summed E-state index contributed by atoms with van der Waals surface area (Å²) >= 11 is 0. The molecule has 0 unspecified atom stereocenters. The molecule has 52 valence electrons. The van der Waals surface area contributed by atoms with Crippen molar-refractivity contribution in [2.24, 2.45) is 0 Å². The second-order valence-corrected chi connectivity index (χ2v) is 2.41. The summed E-state index contributed by atoms with van der Waals surface area (Å²) in [4.78, 5) is 0. The molecule has 0 rings (SSSR count). The molecule has 0 heterocycles. The van der Waals surface area contributed by atoms with E-state index in [-0.39, 0.29) is 23.9 Å². The third-order valence-electron chi connectivity index (χ3n) is 0. The molecule has 0 N–H and O–H groups in total. The molecule has 0 bridgehead atoms. The first-order valence-electron chi connectivity index (χ1n) is 2.71. The Morgan fingerprint density at radius 1 is 0.778 bits per heavy atom. The number of hydrogen-bond acceptors (Lipinski definition) is 0. The maximum absolute atomic E-state index is 3.56. The molecule has 4 radical (unpaired) electrons. The van der Waals surface area contributed by atoms with E-state index >= 15 is 0 Å². The molecular formula is C8H16Sn. The van der Waals surface area contributed by atoms with E-state index in [1.807, 2.05) is 27.7 Å². The summed E-state index contributed by atoms with van der Waals surface area (Å²) in [6, 6.07) is 0. The van der Waals surface area contributed by atoms with Crippen LogP contribution in [0.1, 0.15) is 27.7 Å². The van der Waals surface area contributed by atoms with Crippen molar-refractivity contribution in [1.29, 1.82) is 0 Å². The molecule has 0 fully saturated rings. The van der Waals surface area contributed by atoms with Crippen molar-refractivity contribution < 1.29 is 0 Å². The van der Waals surface area contributed by atoms with Gasteiger partial charge >= 0.3 is 0 Å². The fourth-order valence-electron chi connectivity index (χ4n) is 0. The molecule has 0 aliphatic rings. The van der Waals surface area contributed by atoms with Crippen LogP contribution in [0.15, 0.2) is 24.3 Å². The number of rotatable bonds is 0. The zero-order valence-electron chi connectivity index (χ0n) is 6.91. The van der Waals surface area contributed by atoms with Crippen LogP contribution in [-0.4, -0.2) is 23.9 Å². The largest absolute Gasteiger partial charge is 0.100 e. The Bertz CT molecular complexity index is 62.6. The van der Waals surface area contributed by atoms with Gasteiger partial charge in [0.2, 0.25) is 0 Å². The van der Waals surface area contributed by atoms with Gasteiger partial charge in [-0.1, -0.05) is 11.1 Å². The summed E-state index contributed by atoms with van der Waals surface area (Å²) in [6.07, 6.45) is 0. The van der Waals surface area contributed by atoms with E-state index in [1.54, 1.807) is 0 Å². The molecule has 9 heavy (non-hydrogen) atoms. The Morgan fingerprint density at radius 3 is 0.778 bits per heavy atom. The smallest absolute Gasteiger partial charge is 0 e. The second-order valence-electron chi connectivity index (χ2n) is 2.41. The van der Waals surface area contributed by atoms with Crippen molar-refractivity contribution in [1.82, 2.24) is 0 Å². The quantitative estimate of drug-likeness (QED) is 0.444. The molecule has 0 aromatic rings. The standard InChI is InChI=1S/2C4H8.Sn/c2*1-4(2)3;/h2*1H2,2-3H3;. The fraction of sp³-hybridized carbons (Fsp3) is 0.500. The number of hydrogen-bond donors (Lipinski definition) is 0. The first-order chi connectivity index (χ1) is 3.46. The topological polar surface area (TPSA) is 0 Å². The van der Waals surface area contributed by atoms with Crippen LogP contribution in [-0.2, 0) is 0 Å². The molecule has 0 aliphatic heterocycles. The Balaban J connectivity index is -0.0000000720. The van der Waals surface area contributed by atoms with Gasteiger partial charge in [-0.25, -0.2) is 0 Å². The van der Waals surface area contributed by atoms with Crippen LogP contribution < -0.4 is 0 Å². The Labute approximate surface area is 76.0 Å². The zero-order valence-corrected chi connectivity index (χ0v) is 9.77. The van der Waals surface area contributed by atoms with Crippen molar-refractivity contribution in [3.63, 3.8) is 0 Å². The third kappa shape index (κ3) is 4200. The minimum absolute atomic E-state index is 0. The van der Waals surface area contributed by atoms with Crippen LogP contribution in [0.25, 0.3) is 0 Å². The normalized spacial score (nSPS) is 5.78. The van der Waals surface area contributed by atoms with Gasteiger partial charge in [0, 0.05) is 23.9 Å². The van der Waals surface area contributed by atoms with E-state index in [4.69, 9.17) is 0 Å². The van der Waals surface area contributed by atoms with Crippen LogP contribution in [0.3, 0.4) is 0 Å². The predicted octanol–water partition coefficient (Wildman–Crippen LogP) is 2.78. The van der Waals surface area contributed by atoms with Gasteiger partial charge in [-0.2, -0.15) is 0 Å². The SMILES string of the molecule is C=C(C)C.C=C(C)C.[Sn]. The molecule has 0 nitrogen and oxygen atoms in total. The van der Waals surface area contributed by atoms with Gasteiger partial charge in [-0.05, 0) is 27.7 Å². The zero-order chi connectivity index (χ0) is 7.15. The molecule has 0 saturated carbocycles. The minimum Gasteiger partial charge on any atom is -0.100 e. The Hall–Kier alpha value is 0.279. The molecule has 0 amide bonds. The van der Waals surface area contributed by atoms with Crippen LogP contribution in [0.5, 0.6) is 0 Å². The van der Waals surface area contributed by atoms with Crippen LogP contribution in [0.4, 0.5) is 0 Å². The van der Waals surface area contributed by atoms with Gasteiger partial charge in [0.05, 0.1) is 0 Å². The summed E-state index contributed by atoms with van der Waals surface area (Å²) in [6.45, 7) is 15.0. The van der Waals surface area contributed by atoms with Gasteiger partial charge in [0.15, 0.2) is 0 Å². The monoisotopic (exact) mass is 232 g/mol. The van der Waals surface area contributed by atoms with Crippen molar-refractivity contribution in [2.45, 2.75) is 27.7 Å². The van der Waals surface area contributed by atoms with Gasteiger partial charge in [0.1, 0.15) is 0 Å². The summed E-state index contributed by atoms with van der Waals surface area (Å²) < 4.78 is 0. The van der Waals surface area contributed by atoms with Gasteiger partial charge in [-0.3, -0.25) is 0 Å². The van der Waals surface area contributed by atoms with E-state index < -0.39 is 0 Å². The van der Waals surface area contributed by atoms with Crippen LogP contribution >= 0.6 is 0 Å². The summed E-state index contributed by atoms with van der Waals surface area (Å²) in [5.74, 6) is 0. The Morgan fingerprint density at radius 2 is 0.778 bits per heavy atom. The Kier molecular flexibility index (Phi) is 19.9. The van der Waals surface area contributed by atoms with E-state index in [0.29, 0.717) is 0 Å². The number of allylic oxidation sites excluding steroid dienone is 2. The van der Waals surface area contributed by atoms with Gasteiger partial charge < -0.3 is 0 Å². The molecule has 0 atom stereocenters. The fourth-order valence-corrected chi connectivity index (χ4v) is 0. The van der Waals surface area contributed by atoms with Crippen LogP contribution in [0.2, 0.25) is 0 Å². The molecule has 0 aliphatic carbocycles. The maximum Gasteiger partial charge on any atom is 0 e. The van der Waals surface area contributed by atoms with Crippen molar-refractivity contribution in [2.75, 3.05) is 0 Å². The average Bonchev–Trinajstić information content (AvgIpc) is 1.25. The molecule has 0 saturated heterocycles. The molecule has 0 aromatic carbocycles. The van der Waals surface area contributed by atoms with Crippen molar-refractivity contribution in [3.8, 4) is 0 Å². The van der Waals surface area contributed by atoms with Gasteiger partial charge in [0.25, 0.3) is 0 Å². The summed E-state index contributed by atoms with van der Waals surface area (Å²) in [5.41, 5.74) is 2.33. The molecule has 1 heteroatoms. The second kappa shape index (κ2) is 11.1. The average molecular weight is 231 g/mol. The molecular weight excluding hydrogens is 215 g/mol. The van der Waals surface area contributed by atoms with Gasteiger partial charge in [-0.15, -0.1) is 13.2 Å². The predicted molar refractivity (Wildman–Crippen MR) is 46.7 cm³/mol. The first kappa shape index (κ1) is 16.1. The van der Waals surface area contributed by atoms with Crippen molar-refractivity contribution in [3.05, 3.63) is 24.3 Å². The third-order valence-corrected chi connectivity index (χ3v) is 0. The molecule has 0 spiro atoms. The van der Waals surface area contributed by atoms with E-state index in [0.717, 1.165) is 0 Å². The summed E-state index contributed by atoms with van der Waals surface area (Å²) in [5, 5.41) is 0. The van der Waals surface area contributed by atoms with E-state index in [2.05, 4.69) is 13.2 Å². The maximum atomic E-state index is 3.56. The minimum atomic E-state index is 0. The van der Waals surface area contributed by atoms with Crippen molar-refractivity contribution >= 4 is 23.9 Å². The molecule has 0 aromatic heterocycles.